The van der Waals surface area contributed by atoms with Gasteiger partial charge in [0.15, 0.2) is 0 Å². The van der Waals surface area contributed by atoms with Crippen LogP contribution in [-0.2, 0) is 21.5 Å². The fraction of sp³-hybridized carbons (Fsp3) is 0.321. The van der Waals surface area contributed by atoms with Gasteiger partial charge in [0.05, 0.1) is 24.9 Å². The molecule has 1 unspecified atom stereocenters. The number of nitrogens with one attached hydrogen (secondary N) is 2. The average molecular weight is 472 g/mol. The van der Waals surface area contributed by atoms with Crippen LogP contribution in [0.1, 0.15) is 44.7 Å². The summed E-state index contributed by atoms with van der Waals surface area (Å²) in [6.07, 6.45) is 3.76. The number of ether oxygens (including phenoxy) is 1. The van der Waals surface area contributed by atoms with Gasteiger partial charge in [-0.2, -0.15) is 0 Å². The number of methoxy groups -OCH3 is 1. The van der Waals surface area contributed by atoms with Crippen LogP contribution in [0.4, 0.5) is 16.2 Å². The van der Waals surface area contributed by atoms with Gasteiger partial charge in [0.2, 0.25) is 0 Å². The third kappa shape index (κ3) is 4.11. The smallest absolute Gasteiger partial charge is 0.323 e. The van der Waals surface area contributed by atoms with Crippen molar-refractivity contribution in [2.24, 2.45) is 5.92 Å². The van der Waals surface area contributed by atoms with E-state index in [-0.39, 0.29) is 29.7 Å². The van der Waals surface area contributed by atoms with Gasteiger partial charge >= 0.3 is 6.03 Å². The second-order valence-corrected chi connectivity index (χ2v) is 10.3. The standard InChI is InChI=1S/C28H29N3O4/c1-28(2,3)19-9-12-22(35-4)21(14-19)30-27(34)29-20-10-5-16(6-11-20)15-31-25(32)23-17-7-8-18(13-17)24(23)26(31)33/h5-7,9-12,14,18H,8,13,15H2,1-4H3,(H2,29,30,34). The minimum atomic E-state index is -0.392. The summed E-state index contributed by atoms with van der Waals surface area (Å²) in [6.45, 7) is 6.53. The van der Waals surface area contributed by atoms with Gasteiger partial charge < -0.3 is 15.4 Å². The van der Waals surface area contributed by atoms with E-state index in [0.717, 1.165) is 29.5 Å². The number of benzene rings is 2. The van der Waals surface area contributed by atoms with Gasteiger partial charge in [0.25, 0.3) is 11.8 Å². The number of imide groups is 1. The number of amides is 4. The number of nitrogens with zero attached hydrogens (tertiary/aromatic N) is 1. The van der Waals surface area contributed by atoms with Gasteiger partial charge in [0.1, 0.15) is 5.75 Å². The zero-order valence-electron chi connectivity index (χ0n) is 20.4. The molecule has 2 bridgehead atoms. The zero-order valence-corrected chi connectivity index (χ0v) is 20.4. The summed E-state index contributed by atoms with van der Waals surface area (Å²) in [4.78, 5) is 39.7. The summed E-state index contributed by atoms with van der Waals surface area (Å²) in [5.41, 5.74) is 5.37. The predicted octanol–water partition coefficient (Wildman–Crippen LogP) is 5.15. The number of anilines is 2. The van der Waals surface area contributed by atoms with Crippen molar-refractivity contribution >= 4 is 29.2 Å². The predicted molar refractivity (Wildman–Crippen MR) is 134 cm³/mol. The van der Waals surface area contributed by atoms with Gasteiger partial charge in [-0.15, -0.1) is 0 Å². The first-order valence-corrected chi connectivity index (χ1v) is 11.8. The summed E-state index contributed by atoms with van der Waals surface area (Å²) in [7, 11) is 1.57. The molecule has 0 aromatic heterocycles. The monoisotopic (exact) mass is 471 g/mol. The van der Waals surface area contributed by atoms with E-state index in [2.05, 4.69) is 37.5 Å². The number of likely N-dealkylation sites (tertiary alicyclic amines) is 1. The summed E-state index contributed by atoms with van der Waals surface area (Å²) in [5.74, 6) is 0.403. The fourth-order valence-electron chi connectivity index (χ4n) is 5.00. The van der Waals surface area contributed by atoms with E-state index in [1.807, 2.05) is 30.3 Å². The Balaban J connectivity index is 1.23. The van der Waals surface area contributed by atoms with Crippen LogP contribution < -0.4 is 15.4 Å². The second-order valence-electron chi connectivity index (χ2n) is 10.3. The molecule has 0 saturated heterocycles. The van der Waals surface area contributed by atoms with Crippen molar-refractivity contribution in [1.29, 1.82) is 0 Å². The van der Waals surface area contributed by atoms with Crippen LogP contribution in [0.15, 0.2) is 65.3 Å². The molecule has 1 aliphatic heterocycles. The molecule has 0 fully saturated rings. The van der Waals surface area contributed by atoms with Gasteiger partial charge in [-0.05, 0) is 65.1 Å². The Morgan fingerprint density at radius 2 is 1.80 bits per heavy atom. The zero-order chi connectivity index (χ0) is 24.9. The lowest BCUT2D eigenvalue weighted by Gasteiger charge is -2.21. The third-order valence-electron chi connectivity index (χ3n) is 6.91. The number of carbonyl (C=O) groups is 3. The molecular formula is C28H29N3O4. The molecule has 180 valence electrons. The van der Waals surface area contributed by atoms with E-state index >= 15 is 0 Å². The summed E-state index contributed by atoms with van der Waals surface area (Å²) in [6, 6.07) is 12.5. The van der Waals surface area contributed by atoms with Crippen molar-refractivity contribution in [2.45, 2.75) is 45.6 Å². The molecule has 7 nitrogen and oxygen atoms in total. The number of hydrogen-bond acceptors (Lipinski definition) is 4. The topological polar surface area (TPSA) is 87.7 Å². The Labute approximate surface area is 204 Å². The largest absolute Gasteiger partial charge is 0.495 e. The molecule has 0 saturated carbocycles. The highest BCUT2D eigenvalue weighted by Gasteiger charge is 2.48. The molecule has 2 N–H and O–H groups in total. The first kappa shape index (κ1) is 22.9. The number of fused-ring (bicyclic) bond motifs is 4. The number of hydrogen-bond donors (Lipinski definition) is 2. The number of rotatable bonds is 5. The minimum Gasteiger partial charge on any atom is -0.495 e. The molecular weight excluding hydrogens is 442 g/mol. The quantitative estimate of drug-likeness (QED) is 0.590. The molecule has 2 aromatic carbocycles. The van der Waals surface area contributed by atoms with Gasteiger partial charge in [0, 0.05) is 11.3 Å². The maximum Gasteiger partial charge on any atom is 0.323 e. The number of carbonyl (C=O) groups excluding carboxylic acids is 3. The molecule has 2 aliphatic carbocycles. The molecule has 0 spiro atoms. The Kier molecular flexibility index (Phi) is 5.50. The van der Waals surface area contributed by atoms with Crippen molar-refractivity contribution in [2.75, 3.05) is 17.7 Å². The highest BCUT2D eigenvalue weighted by atomic mass is 16.5. The van der Waals surface area contributed by atoms with E-state index in [1.165, 1.54) is 4.90 Å². The van der Waals surface area contributed by atoms with Crippen molar-refractivity contribution in [1.82, 2.24) is 4.90 Å². The molecule has 1 atom stereocenters. The molecule has 0 radical (unpaired) electrons. The summed E-state index contributed by atoms with van der Waals surface area (Å²) >= 11 is 0. The first-order chi connectivity index (χ1) is 16.7. The summed E-state index contributed by atoms with van der Waals surface area (Å²) in [5, 5.41) is 5.68. The number of allylic oxidation sites excluding steroid dienone is 1. The molecule has 2 aromatic rings. The molecule has 1 heterocycles. The van der Waals surface area contributed by atoms with E-state index < -0.39 is 6.03 Å². The van der Waals surface area contributed by atoms with Crippen molar-refractivity contribution < 1.29 is 19.1 Å². The van der Waals surface area contributed by atoms with E-state index in [9.17, 15) is 14.4 Å². The Bertz CT molecular complexity index is 1300. The van der Waals surface area contributed by atoms with Gasteiger partial charge in [-0.25, -0.2) is 4.79 Å². The SMILES string of the molecule is COc1ccc(C(C)(C)C)cc1NC(=O)Nc1ccc(CN2C(=O)C3=C(C2=O)C2CC=C3C2)cc1. The van der Waals surface area contributed by atoms with E-state index in [4.69, 9.17) is 4.74 Å². The van der Waals surface area contributed by atoms with Crippen LogP contribution in [0.5, 0.6) is 5.75 Å². The lowest BCUT2D eigenvalue weighted by molar-refractivity contribution is -0.138. The Morgan fingerprint density at radius 1 is 1.06 bits per heavy atom. The maximum absolute atomic E-state index is 12.9. The van der Waals surface area contributed by atoms with Crippen LogP contribution in [0.25, 0.3) is 0 Å². The lowest BCUT2D eigenvalue weighted by atomic mass is 9.87. The van der Waals surface area contributed by atoms with Crippen molar-refractivity contribution in [3.05, 3.63) is 76.4 Å². The minimum absolute atomic E-state index is 0.0701. The molecule has 5 rings (SSSR count). The number of urea groups is 1. The van der Waals surface area contributed by atoms with Crippen LogP contribution >= 0.6 is 0 Å². The van der Waals surface area contributed by atoms with Crippen molar-refractivity contribution in [3.63, 3.8) is 0 Å². The maximum atomic E-state index is 12.9. The van der Waals surface area contributed by atoms with Gasteiger partial charge in [-0.1, -0.05) is 45.0 Å². The molecule has 7 heteroatoms. The van der Waals surface area contributed by atoms with E-state index in [0.29, 0.717) is 28.3 Å². The average Bonchev–Trinajstić information content (AvgIpc) is 3.50. The van der Waals surface area contributed by atoms with Crippen molar-refractivity contribution in [3.8, 4) is 5.75 Å². The summed E-state index contributed by atoms with van der Waals surface area (Å²) < 4.78 is 5.40. The fourth-order valence-corrected chi connectivity index (χ4v) is 5.00. The Morgan fingerprint density at radius 3 is 2.46 bits per heavy atom. The van der Waals surface area contributed by atoms with E-state index in [1.54, 1.807) is 19.2 Å². The normalized spacial score (nSPS) is 18.7. The van der Waals surface area contributed by atoms with Crippen LogP contribution in [0, 0.1) is 5.92 Å². The molecule has 35 heavy (non-hydrogen) atoms. The highest BCUT2D eigenvalue weighted by Crippen LogP contribution is 2.48. The first-order valence-electron chi connectivity index (χ1n) is 11.8. The third-order valence-corrected chi connectivity index (χ3v) is 6.91. The van der Waals surface area contributed by atoms with Crippen LogP contribution in [0.3, 0.4) is 0 Å². The molecule has 3 aliphatic rings. The highest BCUT2D eigenvalue weighted by molar-refractivity contribution is 6.22. The second kappa shape index (κ2) is 8.41. The molecule has 4 amide bonds. The lowest BCUT2D eigenvalue weighted by Crippen LogP contribution is -2.32. The van der Waals surface area contributed by atoms with Crippen LogP contribution in [-0.4, -0.2) is 29.9 Å². The van der Waals surface area contributed by atoms with Crippen LogP contribution in [0.2, 0.25) is 0 Å². The Hall–Kier alpha value is -3.87. The van der Waals surface area contributed by atoms with Gasteiger partial charge in [-0.3, -0.25) is 14.5 Å².